The maximum atomic E-state index is 3.42. The number of nitrogens with one attached hydrogen (secondary N) is 1. The van der Waals surface area contributed by atoms with E-state index in [1.807, 2.05) is 6.92 Å². The molecule has 0 aliphatic carbocycles. The second-order valence-electron chi connectivity index (χ2n) is 4.22. The normalized spacial score (nSPS) is 9.75. The lowest BCUT2D eigenvalue weighted by Gasteiger charge is -2.10. The Labute approximate surface area is 99.3 Å². The molecule has 0 aliphatic rings. The smallest absolute Gasteiger partial charge is 0.0214 e. The molecule has 0 bridgehead atoms. The van der Waals surface area contributed by atoms with Gasteiger partial charge in [-0.1, -0.05) is 12.1 Å². The Kier molecular flexibility index (Phi) is 5.08. The molecule has 1 N–H and O–H groups in total. The van der Waals surface area contributed by atoms with Gasteiger partial charge in [-0.3, -0.25) is 0 Å². The third kappa shape index (κ3) is 3.72. The first-order valence-electron chi connectivity index (χ1n) is 5.82. The van der Waals surface area contributed by atoms with Crippen molar-refractivity contribution in [2.24, 2.45) is 0 Å². The van der Waals surface area contributed by atoms with Crippen molar-refractivity contribution in [1.82, 2.24) is 5.32 Å². The maximum absolute atomic E-state index is 3.42. The number of hydrogen-bond donors (Lipinski definition) is 1. The molecule has 0 spiro atoms. The van der Waals surface area contributed by atoms with Crippen LogP contribution in [0.1, 0.15) is 35.6 Å². The number of rotatable bonds is 4. The fraction of sp³-hybridized carbons (Fsp3) is 0.467. The van der Waals surface area contributed by atoms with E-state index in [0.29, 0.717) is 0 Å². The van der Waals surface area contributed by atoms with Gasteiger partial charge in [0.15, 0.2) is 0 Å². The third-order valence-electron chi connectivity index (χ3n) is 2.87. The second kappa shape index (κ2) is 6.35. The van der Waals surface area contributed by atoms with E-state index < -0.39 is 0 Å². The highest BCUT2D eigenvalue weighted by molar-refractivity contribution is 5.36. The van der Waals surface area contributed by atoms with Gasteiger partial charge in [-0.05, 0) is 49.9 Å². The average Bonchev–Trinajstić information content (AvgIpc) is 2.25. The molecule has 0 amide bonds. The van der Waals surface area contributed by atoms with Gasteiger partial charge in [0, 0.05) is 19.5 Å². The Balaban J connectivity index is 2.53. The molecular formula is C15H21N. The van der Waals surface area contributed by atoms with Gasteiger partial charge in [0.25, 0.3) is 0 Å². The first kappa shape index (κ1) is 12.8. The van der Waals surface area contributed by atoms with Gasteiger partial charge in [0.1, 0.15) is 0 Å². The fourth-order valence-corrected chi connectivity index (χ4v) is 1.71. The highest BCUT2D eigenvalue weighted by Crippen LogP contribution is 2.14. The van der Waals surface area contributed by atoms with Crippen LogP contribution in [0.25, 0.3) is 0 Å². The molecule has 0 atom stereocenters. The zero-order valence-electron chi connectivity index (χ0n) is 10.8. The minimum atomic E-state index is 0.931. The Hall–Kier alpha value is -1.26. The summed E-state index contributed by atoms with van der Waals surface area (Å²) in [4.78, 5) is 0. The minimum absolute atomic E-state index is 0.931. The summed E-state index contributed by atoms with van der Waals surface area (Å²) in [5.74, 6) is 5.96. The van der Waals surface area contributed by atoms with Crippen molar-refractivity contribution in [2.75, 3.05) is 6.54 Å². The second-order valence-corrected chi connectivity index (χ2v) is 4.22. The Morgan fingerprint density at radius 1 is 1.06 bits per heavy atom. The van der Waals surface area contributed by atoms with Crippen LogP contribution in [0.4, 0.5) is 0 Å². The fourth-order valence-electron chi connectivity index (χ4n) is 1.71. The van der Waals surface area contributed by atoms with Crippen molar-refractivity contribution >= 4 is 0 Å². The van der Waals surface area contributed by atoms with Crippen molar-refractivity contribution in [3.8, 4) is 11.8 Å². The van der Waals surface area contributed by atoms with Crippen LogP contribution in [-0.2, 0) is 6.54 Å². The average molecular weight is 215 g/mol. The molecule has 1 aromatic rings. The first-order chi connectivity index (χ1) is 7.65. The van der Waals surface area contributed by atoms with Crippen molar-refractivity contribution in [2.45, 2.75) is 40.7 Å². The molecule has 0 radical (unpaired) electrons. The maximum Gasteiger partial charge on any atom is 0.0214 e. The van der Waals surface area contributed by atoms with Crippen LogP contribution in [0.3, 0.4) is 0 Å². The van der Waals surface area contributed by atoms with Crippen LogP contribution in [0.5, 0.6) is 0 Å². The monoisotopic (exact) mass is 215 g/mol. The van der Waals surface area contributed by atoms with Gasteiger partial charge in [0.05, 0.1) is 0 Å². The predicted molar refractivity (Wildman–Crippen MR) is 70.4 cm³/mol. The highest BCUT2D eigenvalue weighted by Gasteiger charge is 2.00. The van der Waals surface area contributed by atoms with E-state index in [-0.39, 0.29) is 0 Å². The molecule has 86 valence electrons. The molecule has 0 heterocycles. The standard InChI is InChI=1S/C15H21N/c1-5-6-7-8-16-11-15-10-13(3)12(2)9-14(15)4/h9-10,16H,7-8,11H2,1-4H3. The lowest BCUT2D eigenvalue weighted by atomic mass is 10.0. The van der Waals surface area contributed by atoms with Crippen LogP contribution < -0.4 is 5.32 Å². The van der Waals surface area contributed by atoms with Crippen molar-refractivity contribution in [3.05, 3.63) is 34.4 Å². The molecule has 0 aromatic heterocycles. The van der Waals surface area contributed by atoms with E-state index in [1.165, 1.54) is 22.3 Å². The van der Waals surface area contributed by atoms with E-state index in [4.69, 9.17) is 0 Å². The molecular weight excluding hydrogens is 194 g/mol. The number of aryl methyl sites for hydroxylation is 3. The largest absolute Gasteiger partial charge is 0.312 e. The van der Waals surface area contributed by atoms with Crippen LogP contribution in [-0.4, -0.2) is 6.54 Å². The van der Waals surface area contributed by atoms with Crippen molar-refractivity contribution < 1.29 is 0 Å². The molecule has 0 saturated carbocycles. The zero-order valence-corrected chi connectivity index (χ0v) is 10.8. The third-order valence-corrected chi connectivity index (χ3v) is 2.87. The molecule has 1 aromatic carbocycles. The summed E-state index contributed by atoms with van der Waals surface area (Å²) < 4.78 is 0. The van der Waals surface area contributed by atoms with E-state index in [1.54, 1.807) is 0 Å². The van der Waals surface area contributed by atoms with Crippen LogP contribution in [0.2, 0.25) is 0 Å². The van der Waals surface area contributed by atoms with Crippen molar-refractivity contribution in [3.63, 3.8) is 0 Å². The van der Waals surface area contributed by atoms with Gasteiger partial charge in [-0.15, -0.1) is 11.8 Å². The Morgan fingerprint density at radius 3 is 2.44 bits per heavy atom. The lowest BCUT2D eigenvalue weighted by Crippen LogP contribution is -2.15. The summed E-state index contributed by atoms with van der Waals surface area (Å²) in [6.45, 7) is 10.3. The highest BCUT2D eigenvalue weighted by atomic mass is 14.8. The number of hydrogen-bond acceptors (Lipinski definition) is 1. The number of benzene rings is 1. The van der Waals surface area contributed by atoms with Crippen molar-refractivity contribution in [1.29, 1.82) is 0 Å². The van der Waals surface area contributed by atoms with E-state index in [0.717, 1.165) is 19.5 Å². The molecule has 1 nitrogen and oxygen atoms in total. The van der Waals surface area contributed by atoms with Crippen LogP contribution in [0, 0.1) is 32.6 Å². The van der Waals surface area contributed by atoms with Gasteiger partial charge in [0.2, 0.25) is 0 Å². The first-order valence-corrected chi connectivity index (χ1v) is 5.82. The summed E-state index contributed by atoms with van der Waals surface area (Å²) in [5, 5.41) is 3.42. The summed E-state index contributed by atoms with van der Waals surface area (Å²) in [5.41, 5.74) is 5.51. The van der Waals surface area contributed by atoms with E-state index in [9.17, 15) is 0 Å². The molecule has 1 rings (SSSR count). The van der Waals surface area contributed by atoms with Crippen LogP contribution in [0.15, 0.2) is 12.1 Å². The van der Waals surface area contributed by atoms with E-state index in [2.05, 4.69) is 50.1 Å². The van der Waals surface area contributed by atoms with Gasteiger partial charge in [-0.25, -0.2) is 0 Å². The zero-order chi connectivity index (χ0) is 12.0. The summed E-state index contributed by atoms with van der Waals surface area (Å²) in [6.07, 6.45) is 0.931. The molecule has 1 heteroatoms. The summed E-state index contributed by atoms with van der Waals surface area (Å²) >= 11 is 0. The Bertz CT molecular complexity index is 407. The summed E-state index contributed by atoms with van der Waals surface area (Å²) in [6, 6.07) is 4.54. The minimum Gasteiger partial charge on any atom is -0.312 e. The molecule has 0 fully saturated rings. The van der Waals surface area contributed by atoms with Crippen LogP contribution >= 0.6 is 0 Å². The SMILES string of the molecule is CC#CCCNCc1cc(C)c(C)cc1C. The molecule has 0 saturated heterocycles. The molecule has 16 heavy (non-hydrogen) atoms. The molecule has 0 aliphatic heterocycles. The molecule has 0 unspecified atom stereocenters. The van der Waals surface area contributed by atoms with E-state index >= 15 is 0 Å². The lowest BCUT2D eigenvalue weighted by molar-refractivity contribution is 0.698. The Morgan fingerprint density at radius 2 is 1.75 bits per heavy atom. The quantitative estimate of drug-likeness (QED) is 0.601. The predicted octanol–water partition coefficient (Wildman–Crippen LogP) is 3.11. The van der Waals surface area contributed by atoms with Gasteiger partial charge in [-0.2, -0.15) is 0 Å². The summed E-state index contributed by atoms with van der Waals surface area (Å²) in [7, 11) is 0. The topological polar surface area (TPSA) is 12.0 Å². The van der Waals surface area contributed by atoms with Gasteiger partial charge >= 0.3 is 0 Å². The van der Waals surface area contributed by atoms with Gasteiger partial charge < -0.3 is 5.32 Å².